The highest BCUT2D eigenvalue weighted by atomic mass is 32.2. The van der Waals surface area contributed by atoms with E-state index in [1.165, 1.54) is 11.8 Å². The summed E-state index contributed by atoms with van der Waals surface area (Å²) in [6, 6.07) is 39.2. The fourth-order valence-electron chi connectivity index (χ4n) is 4.25. The first kappa shape index (κ1) is 26.3. The highest BCUT2D eigenvalue weighted by molar-refractivity contribution is 8.00. The van der Waals surface area contributed by atoms with Crippen LogP contribution in [0.5, 0.6) is 5.75 Å². The number of thiocarbonyl (C=S) groups is 1. The van der Waals surface area contributed by atoms with Crippen molar-refractivity contribution >= 4 is 62.8 Å². The fraction of sp³-hybridized carbons (Fsp3) is 0.0625. The van der Waals surface area contributed by atoms with E-state index in [2.05, 4.69) is 16.0 Å². The minimum absolute atomic E-state index is 0.0886. The van der Waals surface area contributed by atoms with Crippen molar-refractivity contribution in [1.29, 1.82) is 0 Å². The second-order valence-electron chi connectivity index (χ2n) is 8.73. The first-order chi connectivity index (χ1) is 19.1. The zero-order valence-electron chi connectivity index (χ0n) is 21.3. The average Bonchev–Trinajstić information content (AvgIpc) is 2.97. The van der Waals surface area contributed by atoms with Crippen LogP contribution in [0, 0.1) is 0 Å². The minimum atomic E-state index is -0.459. The number of ether oxygens (including phenoxy) is 1. The number of thioether (sulfide) groups is 1. The molecule has 194 valence electrons. The summed E-state index contributed by atoms with van der Waals surface area (Å²) < 4.78 is 5.40. The molecule has 0 radical (unpaired) electrons. The van der Waals surface area contributed by atoms with Gasteiger partial charge in [0.2, 0.25) is 5.91 Å². The monoisotopic (exact) mass is 549 g/mol. The molecule has 0 fully saturated rings. The predicted molar refractivity (Wildman–Crippen MR) is 167 cm³/mol. The standard InChI is InChI=1S/C32H27N3O2S2/c1-37-29-20-8-7-18-28(29)35-32(38)33-24-15-10-16-25(21-24)39-30(23-12-3-2-4-13-23)31(36)34-27-19-9-14-22-11-5-6-17-26(22)27/h2-21,30H,1H3,(H,34,36)(H2,33,35,38). The molecule has 0 heterocycles. The number of benzene rings is 5. The Balaban J connectivity index is 1.35. The molecule has 0 saturated heterocycles. The Bertz CT molecular complexity index is 1600. The summed E-state index contributed by atoms with van der Waals surface area (Å²) in [7, 11) is 1.62. The maximum Gasteiger partial charge on any atom is 0.242 e. The highest BCUT2D eigenvalue weighted by Crippen LogP contribution is 2.38. The predicted octanol–water partition coefficient (Wildman–Crippen LogP) is 8.13. The van der Waals surface area contributed by atoms with Gasteiger partial charge in [-0.3, -0.25) is 4.79 Å². The van der Waals surface area contributed by atoms with E-state index in [0.717, 1.165) is 38.3 Å². The van der Waals surface area contributed by atoms with Crippen molar-refractivity contribution in [2.75, 3.05) is 23.1 Å². The van der Waals surface area contributed by atoms with Crippen LogP contribution >= 0.6 is 24.0 Å². The third-order valence-corrected chi connectivity index (χ3v) is 7.54. The van der Waals surface area contributed by atoms with Crippen LogP contribution < -0.4 is 20.7 Å². The van der Waals surface area contributed by atoms with Crippen LogP contribution in [-0.4, -0.2) is 18.1 Å². The van der Waals surface area contributed by atoms with Gasteiger partial charge in [0, 0.05) is 21.7 Å². The molecule has 0 aliphatic carbocycles. The number of amides is 1. The van der Waals surface area contributed by atoms with Crippen LogP contribution in [0.3, 0.4) is 0 Å². The molecule has 0 spiro atoms. The Hall–Kier alpha value is -4.33. The Kier molecular flexibility index (Phi) is 8.41. The molecule has 0 bridgehead atoms. The van der Waals surface area contributed by atoms with Gasteiger partial charge in [-0.1, -0.05) is 84.9 Å². The molecule has 5 aromatic rings. The molecular weight excluding hydrogens is 523 g/mol. The lowest BCUT2D eigenvalue weighted by Gasteiger charge is -2.19. The maximum absolute atomic E-state index is 13.7. The van der Waals surface area contributed by atoms with E-state index < -0.39 is 5.25 Å². The average molecular weight is 550 g/mol. The highest BCUT2D eigenvalue weighted by Gasteiger charge is 2.23. The van der Waals surface area contributed by atoms with Crippen LogP contribution in [0.25, 0.3) is 10.8 Å². The quantitative estimate of drug-likeness (QED) is 0.134. The summed E-state index contributed by atoms with van der Waals surface area (Å²) in [6.45, 7) is 0. The molecule has 7 heteroatoms. The normalized spacial score (nSPS) is 11.4. The van der Waals surface area contributed by atoms with Crippen molar-refractivity contribution in [2.45, 2.75) is 10.1 Å². The van der Waals surface area contributed by atoms with Crippen LogP contribution in [-0.2, 0) is 4.79 Å². The van der Waals surface area contributed by atoms with Crippen molar-refractivity contribution in [3.05, 3.63) is 127 Å². The third kappa shape index (κ3) is 6.57. The van der Waals surface area contributed by atoms with Gasteiger partial charge in [0.05, 0.1) is 12.8 Å². The van der Waals surface area contributed by atoms with Crippen LogP contribution in [0.1, 0.15) is 10.8 Å². The lowest BCUT2D eigenvalue weighted by Crippen LogP contribution is -2.20. The smallest absolute Gasteiger partial charge is 0.242 e. The van der Waals surface area contributed by atoms with Crippen LogP contribution in [0.4, 0.5) is 17.1 Å². The molecule has 39 heavy (non-hydrogen) atoms. The number of anilines is 3. The number of hydrogen-bond donors (Lipinski definition) is 3. The van der Waals surface area contributed by atoms with Crippen LogP contribution in [0.15, 0.2) is 126 Å². The van der Waals surface area contributed by atoms with Crippen molar-refractivity contribution in [3.8, 4) is 5.75 Å². The Morgan fingerprint density at radius 3 is 2.28 bits per heavy atom. The SMILES string of the molecule is COc1ccccc1NC(=S)Nc1cccc(SC(C(=O)Nc2cccc3ccccc23)c2ccccc2)c1. The summed E-state index contributed by atoms with van der Waals surface area (Å²) in [5.74, 6) is 0.614. The molecular formula is C32H27N3O2S2. The molecule has 0 aliphatic heterocycles. The summed E-state index contributed by atoms with van der Waals surface area (Å²) in [4.78, 5) is 14.6. The lowest BCUT2D eigenvalue weighted by atomic mass is 10.1. The molecule has 5 nitrogen and oxygen atoms in total. The summed E-state index contributed by atoms with van der Waals surface area (Å²) in [5.41, 5.74) is 3.31. The number of para-hydroxylation sites is 2. The van der Waals surface area contributed by atoms with Gasteiger partial charge in [-0.15, -0.1) is 11.8 Å². The van der Waals surface area contributed by atoms with E-state index in [9.17, 15) is 4.79 Å². The molecule has 3 N–H and O–H groups in total. The van der Waals surface area contributed by atoms with Gasteiger partial charge in [0.25, 0.3) is 0 Å². The first-order valence-corrected chi connectivity index (χ1v) is 13.7. The number of rotatable bonds is 8. The summed E-state index contributed by atoms with van der Waals surface area (Å²) in [5, 5.41) is 11.7. The first-order valence-electron chi connectivity index (χ1n) is 12.4. The van der Waals surface area contributed by atoms with Gasteiger partial charge in [0.15, 0.2) is 5.11 Å². The van der Waals surface area contributed by atoms with Gasteiger partial charge in [0.1, 0.15) is 11.0 Å². The largest absolute Gasteiger partial charge is 0.495 e. The van der Waals surface area contributed by atoms with Gasteiger partial charge >= 0.3 is 0 Å². The van der Waals surface area contributed by atoms with Gasteiger partial charge in [-0.25, -0.2) is 0 Å². The number of carbonyl (C=O) groups is 1. The van der Waals surface area contributed by atoms with Gasteiger partial charge in [-0.2, -0.15) is 0 Å². The van der Waals surface area contributed by atoms with E-state index in [0.29, 0.717) is 10.9 Å². The Morgan fingerprint density at radius 2 is 1.44 bits per heavy atom. The van der Waals surface area contributed by atoms with Crippen molar-refractivity contribution in [3.63, 3.8) is 0 Å². The number of nitrogens with one attached hydrogen (secondary N) is 3. The molecule has 1 amide bonds. The van der Waals surface area contributed by atoms with E-state index in [1.54, 1.807) is 7.11 Å². The van der Waals surface area contributed by atoms with Crippen LogP contribution in [0.2, 0.25) is 0 Å². The van der Waals surface area contributed by atoms with Gasteiger partial charge < -0.3 is 20.7 Å². The van der Waals surface area contributed by atoms with E-state index in [1.807, 2.05) is 121 Å². The molecule has 1 unspecified atom stereocenters. The Labute approximate surface area is 237 Å². The minimum Gasteiger partial charge on any atom is -0.495 e. The number of carbonyl (C=O) groups excluding carboxylic acids is 1. The van der Waals surface area contributed by atoms with Crippen molar-refractivity contribution in [1.82, 2.24) is 0 Å². The second-order valence-corrected chi connectivity index (χ2v) is 10.3. The summed E-state index contributed by atoms with van der Waals surface area (Å²) >= 11 is 7.03. The molecule has 0 aliphatic rings. The van der Waals surface area contributed by atoms with E-state index >= 15 is 0 Å². The molecule has 5 rings (SSSR count). The lowest BCUT2D eigenvalue weighted by molar-refractivity contribution is -0.115. The molecule has 0 saturated carbocycles. The number of hydrogen-bond acceptors (Lipinski definition) is 4. The summed E-state index contributed by atoms with van der Waals surface area (Å²) in [6.07, 6.45) is 0. The molecule has 1 atom stereocenters. The maximum atomic E-state index is 13.7. The second kappa shape index (κ2) is 12.5. The Morgan fingerprint density at radius 1 is 0.744 bits per heavy atom. The zero-order chi connectivity index (χ0) is 27.0. The van der Waals surface area contributed by atoms with Crippen molar-refractivity contribution in [2.24, 2.45) is 0 Å². The number of methoxy groups -OCH3 is 1. The van der Waals surface area contributed by atoms with Crippen molar-refractivity contribution < 1.29 is 9.53 Å². The topological polar surface area (TPSA) is 62.4 Å². The third-order valence-electron chi connectivity index (χ3n) is 6.09. The fourth-order valence-corrected chi connectivity index (χ4v) is 5.56. The molecule has 0 aromatic heterocycles. The van der Waals surface area contributed by atoms with E-state index in [-0.39, 0.29) is 5.91 Å². The molecule has 5 aromatic carbocycles. The zero-order valence-corrected chi connectivity index (χ0v) is 22.9. The van der Waals surface area contributed by atoms with Gasteiger partial charge in [-0.05, 0) is 59.6 Å². The number of fused-ring (bicyclic) bond motifs is 1. The van der Waals surface area contributed by atoms with E-state index in [4.69, 9.17) is 17.0 Å².